The van der Waals surface area contributed by atoms with Gasteiger partial charge in [0.1, 0.15) is 5.82 Å². The molecule has 1 amide bonds. The van der Waals surface area contributed by atoms with E-state index >= 15 is 0 Å². The number of rotatable bonds is 3. The minimum absolute atomic E-state index is 0.00394. The van der Waals surface area contributed by atoms with E-state index < -0.39 is 11.6 Å². The number of anilines is 1. The Hall–Kier alpha value is -2.42. The number of benzene rings is 1. The molecule has 1 heterocycles. The monoisotopic (exact) mass is 331 g/mol. The third-order valence-corrected chi connectivity index (χ3v) is 3.99. The van der Waals surface area contributed by atoms with Crippen molar-refractivity contribution in [2.75, 3.05) is 5.32 Å². The van der Waals surface area contributed by atoms with E-state index in [9.17, 15) is 13.6 Å². The molecule has 1 aliphatic rings. The second kappa shape index (κ2) is 5.59. The zero-order chi connectivity index (χ0) is 17.6. The molecule has 0 radical (unpaired) electrons. The third kappa shape index (κ3) is 2.99. The Morgan fingerprint density at radius 3 is 2.58 bits per heavy atom. The van der Waals surface area contributed by atoms with E-state index in [1.807, 2.05) is 26.8 Å². The number of nitrogens with zero attached hydrogens (tertiary/aromatic N) is 2. The fraction of sp³-hybridized carbons (Fsp3) is 0.444. The SMILES string of the molecule is CC(C)(C)CC(=O)Nc1c(F)c2c(F)cc(C#N)cc2n1C1CC1. The molecule has 1 aromatic heterocycles. The molecule has 1 aliphatic carbocycles. The fourth-order valence-corrected chi connectivity index (χ4v) is 2.89. The smallest absolute Gasteiger partial charge is 0.226 e. The van der Waals surface area contributed by atoms with Gasteiger partial charge in [0.15, 0.2) is 11.6 Å². The highest BCUT2D eigenvalue weighted by atomic mass is 19.1. The lowest BCUT2D eigenvalue weighted by atomic mass is 9.92. The Kier molecular flexibility index (Phi) is 3.83. The van der Waals surface area contributed by atoms with Gasteiger partial charge in [-0.2, -0.15) is 5.26 Å². The number of fused-ring (bicyclic) bond motifs is 1. The average molecular weight is 331 g/mol. The van der Waals surface area contributed by atoms with Gasteiger partial charge >= 0.3 is 0 Å². The molecule has 0 spiro atoms. The topological polar surface area (TPSA) is 57.8 Å². The normalized spacial score (nSPS) is 14.7. The van der Waals surface area contributed by atoms with Gasteiger partial charge in [-0.15, -0.1) is 0 Å². The van der Waals surface area contributed by atoms with E-state index in [0.29, 0.717) is 5.52 Å². The van der Waals surface area contributed by atoms with Gasteiger partial charge in [-0.05, 0) is 30.4 Å². The minimum Gasteiger partial charge on any atom is -0.321 e. The number of halogens is 2. The molecule has 0 aliphatic heterocycles. The molecular formula is C18H19F2N3O. The zero-order valence-electron chi connectivity index (χ0n) is 13.9. The summed E-state index contributed by atoms with van der Waals surface area (Å²) in [5, 5.41) is 11.5. The molecule has 1 saturated carbocycles. The summed E-state index contributed by atoms with van der Waals surface area (Å²) in [6, 6.07) is 4.40. The Bertz CT molecular complexity index is 867. The number of nitrogens with one attached hydrogen (secondary N) is 1. The highest BCUT2D eigenvalue weighted by molar-refractivity contribution is 5.96. The van der Waals surface area contributed by atoms with Crippen LogP contribution in [-0.2, 0) is 4.79 Å². The summed E-state index contributed by atoms with van der Waals surface area (Å²) in [7, 11) is 0. The van der Waals surface area contributed by atoms with E-state index in [4.69, 9.17) is 5.26 Å². The number of amides is 1. The Morgan fingerprint density at radius 1 is 1.38 bits per heavy atom. The van der Waals surface area contributed by atoms with E-state index in [-0.39, 0.29) is 40.6 Å². The van der Waals surface area contributed by atoms with E-state index in [0.717, 1.165) is 18.9 Å². The molecule has 6 heteroatoms. The van der Waals surface area contributed by atoms with Gasteiger partial charge in [0, 0.05) is 12.5 Å². The Morgan fingerprint density at radius 2 is 2.04 bits per heavy atom. The number of nitriles is 1. The van der Waals surface area contributed by atoms with Crippen LogP contribution >= 0.6 is 0 Å². The van der Waals surface area contributed by atoms with Crippen molar-refractivity contribution in [3.8, 4) is 6.07 Å². The Balaban J connectivity index is 2.12. The van der Waals surface area contributed by atoms with Crippen molar-refractivity contribution >= 4 is 22.6 Å². The maximum Gasteiger partial charge on any atom is 0.226 e. The summed E-state index contributed by atoms with van der Waals surface area (Å²) in [4.78, 5) is 12.2. The lowest BCUT2D eigenvalue weighted by molar-refractivity contribution is -0.117. The van der Waals surface area contributed by atoms with Gasteiger partial charge in [-0.25, -0.2) is 8.78 Å². The van der Waals surface area contributed by atoms with Crippen molar-refractivity contribution in [3.05, 3.63) is 29.3 Å². The molecule has 126 valence electrons. The summed E-state index contributed by atoms with van der Waals surface area (Å²) in [5.41, 5.74) is 0.209. The maximum absolute atomic E-state index is 14.8. The molecule has 1 fully saturated rings. The van der Waals surface area contributed by atoms with Crippen LogP contribution in [0.5, 0.6) is 0 Å². The van der Waals surface area contributed by atoms with E-state index in [1.165, 1.54) is 6.07 Å². The Labute approximate surface area is 139 Å². The number of hydrogen-bond donors (Lipinski definition) is 1. The lowest BCUT2D eigenvalue weighted by Crippen LogP contribution is -2.21. The standard InChI is InChI=1S/C18H19F2N3O/c1-18(2,3)8-14(24)22-17-16(20)15-12(19)6-10(9-21)7-13(15)23(17)11-4-5-11/h6-7,11H,4-5,8H2,1-3H3,(H,22,24). The maximum atomic E-state index is 14.8. The molecule has 0 atom stereocenters. The molecule has 1 aromatic carbocycles. The molecule has 3 rings (SSSR count). The van der Waals surface area contributed by atoms with Gasteiger partial charge < -0.3 is 9.88 Å². The van der Waals surface area contributed by atoms with Crippen molar-refractivity contribution in [1.82, 2.24) is 4.57 Å². The van der Waals surface area contributed by atoms with Crippen LogP contribution in [-0.4, -0.2) is 10.5 Å². The van der Waals surface area contributed by atoms with Crippen LogP contribution in [0.3, 0.4) is 0 Å². The van der Waals surface area contributed by atoms with Crippen LogP contribution in [0.15, 0.2) is 12.1 Å². The van der Waals surface area contributed by atoms with Crippen LogP contribution < -0.4 is 5.32 Å². The van der Waals surface area contributed by atoms with Crippen molar-refractivity contribution < 1.29 is 13.6 Å². The van der Waals surface area contributed by atoms with Gasteiger partial charge in [0.05, 0.1) is 22.5 Å². The van der Waals surface area contributed by atoms with Crippen LogP contribution in [0.4, 0.5) is 14.6 Å². The predicted octanol–water partition coefficient (Wildman–Crippen LogP) is 4.50. The summed E-state index contributed by atoms with van der Waals surface area (Å²) in [5.74, 6) is -1.88. The quantitative estimate of drug-likeness (QED) is 0.900. The molecular weight excluding hydrogens is 312 g/mol. The number of carbonyl (C=O) groups excluding carboxylic acids is 1. The molecule has 0 saturated heterocycles. The van der Waals surface area contributed by atoms with Gasteiger partial charge in [0.25, 0.3) is 0 Å². The summed E-state index contributed by atoms with van der Waals surface area (Å²) in [6.45, 7) is 5.74. The fourth-order valence-electron chi connectivity index (χ4n) is 2.89. The minimum atomic E-state index is -0.785. The van der Waals surface area contributed by atoms with Crippen molar-refractivity contribution in [2.45, 2.75) is 46.1 Å². The van der Waals surface area contributed by atoms with Crippen molar-refractivity contribution in [1.29, 1.82) is 5.26 Å². The number of hydrogen-bond acceptors (Lipinski definition) is 2. The highest BCUT2D eigenvalue weighted by Gasteiger charge is 2.32. The van der Waals surface area contributed by atoms with Crippen molar-refractivity contribution in [2.24, 2.45) is 5.41 Å². The first kappa shape index (κ1) is 16.4. The van der Waals surface area contributed by atoms with Crippen LogP contribution in [0.1, 0.15) is 51.6 Å². The molecule has 2 aromatic rings. The molecule has 0 unspecified atom stereocenters. The summed E-state index contributed by atoms with van der Waals surface area (Å²) < 4.78 is 30.7. The second-order valence-corrected chi connectivity index (χ2v) is 7.51. The first-order valence-corrected chi connectivity index (χ1v) is 7.94. The lowest BCUT2D eigenvalue weighted by Gasteiger charge is -2.18. The average Bonchev–Trinajstić information content (AvgIpc) is 3.24. The molecule has 1 N–H and O–H groups in total. The van der Waals surface area contributed by atoms with Crippen LogP contribution in [0, 0.1) is 28.4 Å². The van der Waals surface area contributed by atoms with E-state index in [2.05, 4.69) is 5.32 Å². The van der Waals surface area contributed by atoms with Gasteiger partial charge in [0.2, 0.25) is 5.91 Å². The van der Waals surface area contributed by atoms with E-state index in [1.54, 1.807) is 4.57 Å². The van der Waals surface area contributed by atoms with Crippen LogP contribution in [0.25, 0.3) is 10.9 Å². The zero-order valence-corrected chi connectivity index (χ0v) is 13.9. The van der Waals surface area contributed by atoms with Gasteiger partial charge in [-0.1, -0.05) is 20.8 Å². The largest absolute Gasteiger partial charge is 0.321 e. The highest BCUT2D eigenvalue weighted by Crippen LogP contribution is 2.44. The molecule has 0 bridgehead atoms. The summed E-state index contributed by atoms with van der Waals surface area (Å²) in [6.07, 6.45) is 1.90. The summed E-state index contributed by atoms with van der Waals surface area (Å²) >= 11 is 0. The number of aromatic nitrogens is 1. The second-order valence-electron chi connectivity index (χ2n) is 7.51. The van der Waals surface area contributed by atoms with Crippen LogP contribution in [0.2, 0.25) is 0 Å². The third-order valence-electron chi connectivity index (χ3n) is 3.99. The predicted molar refractivity (Wildman–Crippen MR) is 87.5 cm³/mol. The molecule has 4 nitrogen and oxygen atoms in total. The van der Waals surface area contributed by atoms with Crippen molar-refractivity contribution in [3.63, 3.8) is 0 Å². The van der Waals surface area contributed by atoms with Gasteiger partial charge in [-0.3, -0.25) is 4.79 Å². The molecule has 24 heavy (non-hydrogen) atoms. The first-order valence-electron chi connectivity index (χ1n) is 7.94. The number of carbonyl (C=O) groups is 1. The first-order chi connectivity index (χ1) is 11.2.